The highest BCUT2D eigenvalue weighted by molar-refractivity contribution is 5.35. The van der Waals surface area contributed by atoms with Crippen molar-refractivity contribution in [1.29, 1.82) is 0 Å². The lowest BCUT2D eigenvalue weighted by Gasteiger charge is -2.35. The standard InChI is InChI=1S/C8H13N5O/c14-7-3-5-1-2-6(4-7)13(5)8-9-11-12-10-8/h5-7,14H,1-4H2,(H,9,10,11,12). The second-order valence-corrected chi connectivity index (χ2v) is 4.13. The molecule has 6 heteroatoms. The number of fused-ring (bicyclic) bond motifs is 2. The fourth-order valence-electron chi connectivity index (χ4n) is 2.74. The molecule has 1 aromatic rings. The first kappa shape index (κ1) is 8.16. The fourth-order valence-corrected chi connectivity index (χ4v) is 2.74. The molecule has 2 fully saturated rings. The van der Waals surface area contributed by atoms with Crippen LogP contribution in [0.5, 0.6) is 0 Å². The van der Waals surface area contributed by atoms with Gasteiger partial charge in [-0.1, -0.05) is 5.10 Å². The van der Waals surface area contributed by atoms with Crippen molar-refractivity contribution in [3.63, 3.8) is 0 Å². The highest BCUT2D eigenvalue weighted by Crippen LogP contribution is 2.37. The Morgan fingerprint density at radius 1 is 1.29 bits per heavy atom. The Morgan fingerprint density at radius 2 is 2.00 bits per heavy atom. The summed E-state index contributed by atoms with van der Waals surface area (Å²) in [5, 5.41) is 23.7. The van der Waals surface area contributed by atoms with Crippen LogP contribution in [-0.2, 0) is 0 Å². The first-order valence-electron chi connectivity index (χ1n) is 5.04. The number of nitrogens with one attached hydrogen (secondary N) is 1. The number of hydrogen-bond donors (Lipinski definition) is 2. The molecule has 0 aromatic carbocycles. The normalized spacial score (nSPS) is 36.4. The minimum atomic E-state index is -0.143. The largest absolute Gasteiger partial charge is 0.393 e. The molecule has 14 heavy (non-hydrogen) atoms. The Labute approximate surface area is 81.3 Å². The van der Waals surface area contributed by atoms with E-state index in [-0.39, 0.29) is 6.10 Å². The number of tetrazole rings is 1. The Morgan fingerprint density at radius 3 is 2.57 bits per heavy atom. The van der Waals surface area contributed by atoms with E-state index in [0.717, 1.165) is 25.7 Å². The van der Waals surface area contributed by atoms with E-state index in [4.69, 9.17) is 0 Å². The van der Waals surface area contributed by atoms with Gasteiger partial charge in [-0.2, -0.15) is 5.21 Å². The maximum atomic E-state index is 9.61. The molecule has 0 aliphatic carbocycles. The molecular weight excluding hydrogens is 182 g/mol. The van der Waals surface area contributed by atoms with Crippen molar-refractivity contribution in [2.24, 2.45) is 0 Å². The third-order valence-electron chi connectivity index (χ3n) is 3.27. The molecule has 2 aliphatic heterocycles. The van der Waals surface area contributed by atoms with Crippen LogP contribution in [0, 0.1) is 0 Å². The maximum Gasteiger partial charge on any atom is 0.266 e. The van der Waals surface area contributed by atoms with E-state index in [0.29, 0.717) is 18.0 Å². The van der Waals surface area contributed by atoms with E-state index in [1.165, 1.54) is 0 Å². The average molecular weight is 195 g/mol. The third-order valence-corrected chi connectivity index (χ3v) is 3.27. The van der Waals surface area contributed by atoms with Crippen molar-refractivity contribution < 1.29 is 5.11 Å². The van der Waals surface area contributed by atoms with Crippen LogP contribution in [0.1, 0.15) is 25.7 Å². The van der Waals surface area contributed by atoms with Crippen LogP contribution in [0.4, 0.5) is 5.95 Å². The van der Waals surface area contributed by atoms with Crippen LogP contribution in [0.3, 0.4) is 0 Å². The van der Waals surface area contributed by atoms with Crippen LogP contribution in [0.2, 0.25) is 0 Å². The molecule has 2 bridgehead atoms. The van der Waals surface area contributed by atoms with E-state index in [2.05, 4.69) is 25.5 Å². The number of H-pyrrole nitrogens is 1. The van der Waals surface area contributed by atoms with Gasteiger partial charge in [0.2, 0.25) is 0 Å². The zero-order valence-corrected chi connectivity index (χ0v) is 7.80. The summed E-state index contributed by atoms with van der Waals surface area (Å²) in [5.41, 5.74) is 0. The van der Waals surface area contributed by atoms with Crippen LogP contribution in [0.15, 0.2) is 0 Å². The van der Waals surface area contributed by atoms with Crippen molar-refractivity contribution in [2.75, 3.05) is 4.90 Å². The molecule has 2 unspecified atom stereocenters. The summed E-state index contributed by atoms with van der Waals surface area (Å²) in [5.74, 6) is 0.685. The maximum absolute atomic E-state index is 9.61. The van der Waals surface area contributed by atoms with Crippen molar-refractivity contribution in [3.05, 3.63) is 0 Å². The summed E-state index contributed by atoms with van der Waals surface area (Å²) in [6, 6.07) is 0.808. The van der Waals surface area contributed by atoms with Gasteiger partial charge in [0.15, 0.2) is 0 Å². The molecule has 2 atom stereocenters. The summed E-state index contributed by atoms with van der Waals surface area (Å²) >= 11 is 0. The molecule has 0 spiro atoms. The lowest BCUT2D eigenvalue weighted by Crippen LogP contribution is -2.45. The number of anilines is 1. The van der Waals surface area contributed by atoms with Gasteiger partial charge in [-0.3, -0.25) is 0 Å². The van der Waals surface area contributed by atoms with E-state index < -0.39 is 0 Å². The van der Waals surface area contributed by atoms with Crippen molar-refractivity contribution in [3.8, 4) is 0 Å². The molecule has 1 aromatic heterocycles. The van der Waals surface area contributed by atoms with Gasteiger partial charge in [0.05, 0.1) is 6.10 Å². The zero-order valence-electron chi connectivity index (χ0n) is 7.80. The number of piperidine rings is 1. The second kappa shape index (κ2) is 2.91. The number of aromatic amines is 1. The topological polar surface area (TPSA) is 77.9 Å². The fraction of sp³-hybridized carbons (Fsp3) is 0.875. The summed E-state index contributed by atoms with van der Waals surface area (Å²) in [4.78, 5) is 2.20. The van der Waals surface area contributed by atoms with Gasteiger partial charge in [-0.25, -0.2) is 0 Å². The minimum absolute atomic E-state index is 0.143. The van der Waals surface area contributed by atoms with Crippen LogP contribution >= 0.6 is 0 Å². The highest BCUT2D eigenvalue weighted by Gasteiger charge is 2.41. The molecule has 0 radical (unpaired) electrons. The number of rotatable bonds is 1. The van der Waals surface area contributed by atoms with Crippen molar-refractivity contribution in [2.45, 2.75) is 43.9 Å². The molecular formula is C8H13N5O. The summed E-state index contributed by atoms with van der Waals surface area (Å²) in [6.07, 6.45) is 3.80. The van der Waals surface area contributed by atoms with E-state index in [1.54, 1.807) is 0 Å². The number of hydrogen-bond acceptors (Lipinski definition) is 5. The molecule has 2 aliphatic rings. The lowest BCUT2D eigenvalue weighted by molar-refractivity contribution is 0.125. The molecule has 3 rings (SSSR count). The number of aliphatic hydroxyl groups excluding tert-OH is 1. The van der Waals surface area contributed by atoms with Crippen molar-refractivity contribution >= 4 is 5.95 Å². The predicted molar refractivity (Wildman–Crippen MR) is 48.7 cm³/mol. The highest BCUT2D eigenvalue weighted by atomic mass is 16.3. The monoisotopic (exact) mass is 195 g/mol. The summed E-state index contributed by atoms with van der Waals surface area (Å²) in [6.45, 7) is 0. The molecule has 0 amide bonds. The second-order valence-electron chi connectivity index (χ2n) is 4.13. The molecule has 2 N–H and O–H groups in total. The average Bonchev–Trinajstić information content (AvgIpc) is 2.72. The molecule has 76 valence electrons. The SMILES string of the molecule is OC1CC2CCC(C1)N2c1nn[nH]n1. The van der Waals surface area contributed by atoms with Crippen LogP contribution in [-0.4, -0.2) is 43.9 Å². The number of aromatic nitrogens is 4. The van der Waals surface area contributed by atoms with Crippen LogP contribution < -0.4 is 4.90 Å². The van der Waals surface area contributed by atoms with Gasteiger partial charge in [0.1, 0.15) is 0 Å². The number of nitrogens with zero attached hydrogens (tertiary/aromatic N) is 4. The van der Waals surface area contributed by atoms with Crippen LogP contribution in [0.25, 0.3) is 0 Å². The zero-order chi connectivity index (χ0) is 9.54. The van der Waals surface area contributed by atoms with E-state index >= 15 is 0 Å². The van der Waals surface area contributed by atoms with Gasteiger partial charge >= 0.3 is 0 Å². The lowest BCUT2D eigenvalue weighted by atomic mass is 10.0. The van der Waals surface area contributed by atoms with Gasteiger partial charge in [-0.05, 0) is 30.9 Å². The Hall–Kier alpha value is -1.17. The summed E-state index contributed by atoms with van der Waals surface area (Å²) in [7, 11) is 0. The minimum Gasteiger partial charge on any atom is -0.393 e. The van der Waals surface area contributed by atoms with E-state index in [1.807, 2.05) is 0 Å². The van der Waals surface area contributed by atoms with Gasteiger partial charge in [0.25, 0.3) is 5.95 Å². The molecule has 6 nitrogen and oxygen atoms in total. The van der Waals surface area contributed by atoms with E-state index in [9.17, 15) is 5.11 Å². The predicted octanol–water partition coefficient (Wildman–Crippen LogP) is -0.308. The van der Waals surface area contributed by atoms with Gasteiger partial charge in [-0.15, -0.1) is 5.10 Å². The Balaban J connectivity index is 1.88. The van der Waals surface area contributed by atoms with Crippen molar-refractivity contribution in [1.82, 2.24) is 20.6 Å². The summed E-state index contributed by atoms with van der Waals surface area (Å²) < 4.78 is 0. The van der Waals surface area contributed by atoms with Gasteiger partial charge < -0.3 is 10.0 Å². The Bertz CT molecular complexity index is 300. The van der Waals surface area contributed by atoms with Gasteiger partial charge in [0, 0.05) is 12.1 Å². The first-order valence-corrected chi connectivity index (χ1v) is 5.04. The smallest absolute Gasteiger partial charge is 0.266 e. The molecule has 3 heterocycles. The number of aliphatic hydroxyl groups is 1. The first-order chi connectivity index (χ1) is 6.84. The molecule has 2 saturated heterocycles. The Kier molecular flexibility index (Phi) is 1.70. The quantitative estimate of drug-likeness (QED) is 0.642. The molecule has 0 saturated carbocycles. The third kappa shape index (κ3) is 1.10.